The predicted molar refractivity (Wildman–Crippen MR) is 89.4 cm³/mol. The Kier molecular flexibility index (Phi) is 7.96. The lowest BCUT2D eigenvalue weighted by Crippen LogP contribution is -2.30. The lowest BCUT2D eigenvalue weighted by molar-refractivity contribution is -0.121. The Morgan fingerprint density at radius 3 is 2.52 bits per heavy atom. The number of aryl methyl sites for hydroxylation is 2. The number of hydrogen-bond donors (Lipinski definition) is 1. The first-order valence-corrected chi connectivity index (χ1v) is 8.47. The van der Waals surface area contributed by atoms with E-state index in [0.717, 1.165) is 48.5 Å². The summed E-state index contributed by atoms with van der Waals surface area (Å²) in [6.07, 6.45) is 1.47. The summed E-state index contributed by atoms with van der Waals surface area (Å²) in [5, 5.41) is 7.39. The van der Waals surface area contributed by atoms with Crippen LogP contribution in [-0.2, 0) is 11.3 Å². The second-order valence-corrected chi connectivity index (χ2v) is 5.98. The molecular formula is C15H27BrN4O. The molecule has 0 radical (unpaired) electrons. The average molecular weight is 359 g/mol. The van der Waals surface area contributed by atoms with Crippen molar-refractivity contribution in [3.63, 3.8) is 0 Å². The van der Waals surface area contributed by atoms with Gasteiger partial charge in [-0.15, -0.1) is 0 Å². The number of carbonyl (C=O) groups excluding carboxylic acids is 1. The summed E-state index contributed by atoms with van der Waals surface area (Å²) < 4.78 is 2.91. The van der Waals surface area contributed by atoms with Crippen LogP contribution >= 0.6 is 15.9 Å². The second-order valence-electron chi connectivity index (χ2n) is 5.19. The molecule has 0 aliphatic rings. The van der Waals surface area contributed by atoms with E-state index in [1.165, 1.54) is 0 Å². The van der Waals surface area contributed by atoms with Crippen LogP contribution in [0.2, 0.25) is 0 Å². The zero-order valence-electron chi connectivity index (χ0n) is 13.6. The van der Waals surface area contributed by atoms with E-state index in [2.05, 4.69) is 45.1 Å². The number of hydrogen-bond acceptors (Lipinski definition) is 3. The van der Waals surface area contributed by atoms with Crippen molar-refractivity contribution in [2.24, 2.45) is 0 Å². The summed E-state index contributed by atoms with van der Waals surface area (Å²) in [5.74, 6) is 0.0956. The largest absolute Gasteiger partial charge is 0.356 e. The summed E-state index contributed by atoms with van der Waals surface area (Å²) in [6, 6.07) is 0. The third-order valence-electron chi connectivity index (χ3n) is 3.71. The van der Waals surface area contributed by atoms with Gasteiger partial charge in [-0.25, -0.2) is 0 Å². The van der Waals surface area contributed by atoms with Gasteiger partial charge in [0.15, 0.2) is 0 Å². The Bertz CT molecular complexity index is 455. The number of nitrogens with zero attached hydrogens (tertiary/aromatic N) is 3. The first kappa shape index (κ1) is 18.2. The van der Waals surface area contributed by atoms with Crippen LogP contribution in [0.15, 0.2) is 4.47 Å². The molecular weight excluding hydrogens is 332 g/mol. The molecule has 0 fully saturated rings. The van der Waals surface area contributed by atoms with Crippen LogP contribution in [-0.4, -0.2) is 46.8 Å². The third kappa shape index (κ3) is 5.79. The van der Waals surface area contributed by atoms with Crippen molar-refractivity contribution in [3.8, 4) is 0 Å². The maximum absolute atomic E-state index is 11.8. The van der Waals surface area contributed by atoms with Gasteiger partial charge in [0.05, 0.1) is 16.7 Å². The number of amides is 1. The third-order valence-corrected chi connectivity index (χ3v) is 4.86. The van der Waals surface area contributed by atoms with Gasteiger partial charge in [0, 0.05) is 18.7 Å². The zero-order valence-corrected chi connectivity index (χ0v) is 15.2. The van der Waals surface area contributed by atoms with Crippen molar-refractivity contribution < 1.29 is 4.79 Å². The number of halogens is 1. The van der Waals surface area contributed by atoms with Crippen molar-refractivity contribution >= 4 is 21.8 Å². The van der Waals surface area contributed by atoms with E-state index >= 15 is 0 Å². The molecule has 0 atom stereocenters. The molecule has 0 saturated heterocycles. The highest BCUT2D eigenvalue weighted by Gasteiger charge is 2.10. The minimum atomic E-state index is 0.0956. The van der Waals surface area contributed by atoms with Gasteiger partial charge in [-0.3, -0.25) is 9.48 Å². The zero-order chi connectivity index (χ0) is 15.8. The molecule has 0 saturated carbocycles. The molecule has 5 nitrogen and oxygen atoms in total. The normalized spacial score (nSPS) is 11.1. The molecule has 0 aromatic carbocycles. The lowest BCUT2D eigenvalue weighted by Gasteiger charge is -2.17. The fourth-order valence-corrected chi connectivity index (χ4v) is 2.54. The molecule has 1 N–H and O–H groups in total. The van der Waals surface area contributed by atoms with E-state index in [9.17, 15) is 4.79 Å². The topological polar surface area (TPSA) is 50.2 Å². The molecule has 21 heavy (non-hydrogen) atoms. The van der Waals surface area contributed by atoms with Gasteiger partial charge in [-0.2, -0.15) is 5.10 Å². The van der Waals surface area contributed by atoms with Crippen molar-refractivity contribution in [1.29, 1.82) is 0 Å². The quantitative estimate of drug-likeness (QED) is 0.690. The molecule has 6 heteroatoms. The number of aromatic nitrogens is 2. The van der Waals surface area contributed by atoms with Crippen molar-refractivity contribution in [2.75, 3.05) is 26.2 Å². The van der Waals surface area contributed by atoms with E-state index < -0.39 is 0 Å². The first-order valence-electron chi connectivity index (χ1n) is 7.68. The van der Waals surface area contributed by atoms with E-state index in [1.807, 2.05) is 18.5 Å². The van der Waals surface area contributed by atoms with Crippen LogP contribution in [0.3, 0.4) is 0 Å². The molecule has 0 aliphatic carbocycles. The van der Waals surface area contributed by atoms with Crippen molar-refractivity contribution in [2.45, 2.75) is 47.1 Å². The average Bonchev–Trinajstić information content (AvgIpc) is 2.72. The van der Waals surface area contributed by atoms with E-state index in [4.69, 9.17) is 0 Å². The predicted octanol–water partition coefficient (Wildman–Crippen LogP) is 2.50. The first-order chi connectivity index (χ1) is 9.99. The Morgan fingerprint density at radius 1 is 1.33 bits per heavy atom. The maximum atomic E-state index is 11.8. The molecule has 0 spiro atoms. The molecule has 1 heterocycles. The molecule has 1 aromatic rings. The monoisotopic (exact) mass is 358 g/mol. The van der Waals surface area contributed by atoms with Gasteiger partial charge in [-0.1, -0.05) is 13.8 Å². The summed E-state index contributed by atoms with van der Waals surface area (Å²) in [7, 11) is 0. The van der Waals surface area contributed by atoms with Crippen LogP contribution < -0.4 is 5.32 Å². The summed E-state index contributed by atoms with van der Waals surface area (Å²) in [4.78, 5) is 14.2. The van der Waals surface area contributed by atoms with Crippen LogP contribution in [0.1, 0.15) is 38.1 Å². The van der Waals surface area contributed by atoms with Crippen molar-refractivity contribution in [3.05, 3.63) is 15.9 Å². The SMILES string of the molecule is CCN(CC)CCCNC(=O)CCn1nc(C)c(Br)c1C. The van der Waals surface area contributed by atoms with Gasteiger partial charge >= 0.3 is 0 Å². The second kappa shape index (κ2) is 9.20. The molecule has 1 rings (SSSR count). The Hall–Kier alpha value is -0.880. The van der Waals surface area contributed by atoms with Crippen LogP contribution in [0.5, 0.6) is 0 Å². The van der Waals surface area contributed by atoms with Crippen molar-refractivity contribution in [1.82, 2.24) is 20.0 Å². The number of carbonyl (C=O) groups is 1. The Labute approximate surface area is 136 Å². The van der Waals surface area contributed by atoms with E-state index in [0.29, 0.717) is 13.0 Å². The molecule has 1 aromatic heterocycles. The molecule has 0 unspecified atom stereocenters. The fraction of sp³-hybridized carbons (Fsp3) is 0.733. The van der Waals surface area contributed by atoms with Gasteiger partial charge < -0.3 is 10.2 Å². The highest BCUT2D eigenvalue weighted by atomic mass is 79.9. The smallest absolute Gasteiger partial charge is 0.221 e. The maximum Gasteiger partial charge on any atom is 0.221 e. The highest BCUT2D eigenvalue weighted by Crippen LogP contribution is 2.19. The van der Waals surface area contributed by atoms with Crippen LogP contribution in [0.4, 0.5) is 0 Å². The van der Waals surface area contributed by atoms with Crippen LogP contribution in [0.25, 0.3) is 0 Å². The minimum Gasteiger partial charge on any atom is -0.356 e. The molecule has 1 amide bonds. The Balaban J connectivity index is 2.24. The molecule has 0 aliphatic heterocycles. The Morgan fingerprint density at radius 2 is 2.00 bits per heavy atom. The number of nitrogens with one attached hydrogen (secondary N) is 1. The fourth-order valence-electron chi connectivity index (χ4n) is 2.26. The molecule has 0 bridgehead atoms. The highest BCUT2D eigenvalue weighted by molar-refractivity contribution is 9.10. The summed E-state index contributed by atoms with van der Waals surface area (Å²) in [6.45, 7) is 12.8. The van der Waals surface area contributed by atoms with Gasteiger partial charge in [0.1, 0.15) is 0 Å². The molecule has 120 valence electrons. The van der Waals surface area contributed by atoms with Crippen LogP contribution in [0, 0.1) is 13.8 Å². The van der Waals surface area contributed by atoms with E-state index in [-0.39, 0.29) is 5.91 Å². The standard InChI is InChI=1S/C15H27BrN4O/c1-5-19(6-2)10-7-9-17-14(21)8-11-20-13(4)15(16)12(3)18-20/h5-11H2,1-4H3,(H,17,21). The lowest BCUT2D eigenvalue weighted by atomic mass is 10.3. The number of rotatable bonds is 9. The van der Waals surface area contributed by atoms with Gasteiger partial charge in [0.25, 0.3) is 0 Å². The summed E-state index contributed by atoms with van der Waals surface area (Å²) >= 11 is 3.50. The van der Waals surface area contributed by atoms with E-state index in [1.54, 1.807) is 0 Å². The van der Waals surface area contributed by atoms with Gasteiger partial charge in [-0.05, 0) is 55.8 Å². The van der Waals surface area contributed by atoms with Gasteiger partial charge in [0.2, 0.25) is 5.91 Å². The minimum absolute atomic E-state index is 0.0956. The summed E-state index contributed by atoms with van der Waals surface area (Å²) in [5.41, 5.74) is 2.04.